The van der Waals surface area contributed by atoms with Crippen LogP contribution in [0.5, 0.6) is 5.75 Å². The molecule has 4 nitrogen and oxygen atoms in total. The molecule has 0 spiro atoms. The van der Waals surface area contributed by atoms with Crippen molar-refractivity contribution in [2.75, 3.05) is 6.54 Å². The Morgan fingerprint density at radius 3 is 2.58 bits per heavy atom. The van der Waals surface area contributed by atoms with Gasteiger partial charge in [0.25, 0.3) is 0 Å². The van der Waals surface area contributed by atoms with Gasteiger partial charge in [-0.2, -0.15) is 21.6 Å². The van der Waals surface area contributed by atoms with Gasteiger partial charge >= 0.3 is 15.6 Å². The van der Waals surface area contributed by atoms with Crippen molar-refractivity contribution >= 4 is 22.5 Å². The minimum absolute atomic E-state index is 0. The monoisotopic (exact) mass is 317 g/mol. The third-order valence-corrected chi connectivity index (χ3v) is 3.55. The zero-order valence-electron chi connectivity index (χ0n) is 9.53. The van der Waals surface area contributed by atoms with Gasteiger partial charge < -0.3 is 9.50 Å². The molecule has 0 aliphatic carbocycles. The SMILES string of the molecule is Cl.O=S(=O)(Oc1cccc2c1CNCC2)C(F)(F)F. The molecule has 0 saturated heterocycles. The van der Waals surface area contributed by atoms with Crippen LogP contribution in [0.25, 0.3) is 0 Å². The van der Waals surface area contributed by atoms with Crippen LogP contribution in [0.1, 0.15) is 11.1 Å². The molecule has 0 amide bonds. The highest BCUT2D eigenvalue weighted by Gasteiger charge is 2.48. The molecular weight excluding hydrogens is 307 g/mol. The highest BCUT2D eigenvalue weighted by Crippen LogP contribution is 2.31. The van der Waals surface area contributed by atoms with Crippen molar-refractivity contribution in [1.29, 1.82) is 0 Å². The van der Waals surface area contributed by atoms with Crippen LogP contribution < -0.4 is 9.50 Å². The number of hydrogen-bond acceptors (Lipinski definition) is 4. The molecule has 0 fully saturated rings. The number of hydrogen-bond donors (Lipinski definition) is 1. The van der Waals surface area contributed by atoms with E-state index in [1.165, 1.54) is 12.1 Å². The minimum Gasteiger partial charge on any atom is -0.376 e. The quantitative estimate of drug-likeness (QED) is 0.669. The van der Waals surface area contributed by atoms with Crippen LogP contribution in [-0.4, -0.2) is 20.5 Å². The van der Waals surface area contributed by atoms with Gasteiger partial charge in [-0.1, -0.05) is 12.1 Å². The number of rotatable bonds is 2. The standard InChI is InChI=1S/C10H10F3NO3S.ClH/c11-10(12,13)18(15,16)17-9-3-1-2-7-4-5-14-6-8(7)9;/h1-3,14H,4-6H2;1H. The summed E-state index contributed by atoms with van der Waals surface area (Å²) in [5.41, 5.74) is -4.17. The predicted octanol–water partition coefficient (Wildman–Crippen LogP) is 1.98. The lowest BCUT2D eigenvalue weighted by Gasteiger charge is -2.20. The number of fused-ring (bicyclic) bond motifs is 1. The number of nitrogens with one attached hydrogen (secondary N) is 1. The van der Waals surface area contributed by atoms with E-state index in [1.807, 2.05) is 0 Å². The molecule has 0 atom stereocenters. The first kappa shape index (κ1) is 16.1. The maximum absolute atomic E-state index is 12.2. The van der Waals surface area contributed by atoms with E-state index in [2.05, 4.69) is 9.50 Å². The molecule has 0 unspecified atom stereocenters. The van der Waals surface area contributed by atoms with Gasteiger partial charge in [0.05, 0.1) is 0 Å². The van der Waals surface area contributed by atoms with E-state index in [0.717, 1.165) is 5.56 Å². The second-order valence-corrected chi connectivity index (χ2v) is 5.34. The summed E-state index contributed by atoms with van der Waals surface area (Å²) in [6.07, 6.45) is 0.624. The summed E-state index contributed by atoms with van der Waals surface area (Å²) in [6.45, 7) is 0.987. The van der Waals surface area contributed by atoms with Crippen LogP contribution in [0, 0.1) is 0 Å². The highest BCUT2D eigenvalue weighted by molar-refractivity contribution is 7.88. The second-order valence-electron chi connectivity index (χ2n) is 3.80. The van der Waals surface area contributed by atoms with Gasteiger partial charge in [0.15, 0.2) is 0 Å². The molecular formula is C10H11ClF3NO3S. The molecule has 0 radical (unpaired) electrons. The fourth-order valence-electron chi connectivity index (χ4n) is 1.73. The van der Waals surface area contributed by atoms with Crippen LogP contribution in [0.2, 0.25) is 0 Å². The third-order valence-electron chi connectivity index (χ3n) is 2.59. The fraction of sp³-hybridized carbons (Fsp3) is 0.400. The normalized spacial score (nSPS) is 15.3. The molecule has 2 rings (SSSR count). The second kappa shape index (κ2) is 5.56. The third kappa shape index (κ3) is 3.31. The topological polar surface area (TPSA) is 55.4 Å². The van der Waals surface area contributed by atoms with E-state index in [9.17, 15) is 21.6 Å². The van der Waals surface area contributed by atoms with Crippen molar-refractivity contribution in [2.45, 2.75) is 18.5 Å². The van der Waals surface area contributed by atoms with Crippen LogP contribution in [-0.2, 0) is 23.1 Å². The number of halogens is 4. The van der Waals surface area contributed by atoms with Crippen LogP contribution >= 0.6 is 12.4 Å². The molecule has 1 heterocycles. The Hall–Kier alpha value is -0.990. The zero-order valence-corrected chi connectivity index (χ0v) is 11.2. The molecule has 1 aliphatic rings. The van der Waals surface area contributed by atoms with Gasteiger partial charge in [0.1, 0.15) is 5.75 Å². The average Bonchev–Trinajstić information content (AvgIpc) is 2.27. The number of alkyl halides is 3. The Bertz CT molecular complexity index is 560. The van der Waals surface area contributed by atoms with Crippen molar-refractivity contribution in [1.82, 2.24) is 5.32 Å². The van der Waals surface area contributed by atoms with Gasteiger partial charge in [-0.15, -0.1) is 12.4 Å². The molecule has 1 aromatic carbocycles. The van der Waals surface area contributed by atoms with Gasteiger partial charge in [0, 0.05) is 12.1 Å². The number of benzene rings is 1. The molecule has 1 N–H and O–H groups in total. The molecule has 0 bridgehead atoms. The largest absolute Gasteiger partial charge is 0.534 e. The molecule has 0 aromatic heterocycles. The molecule has 19 heavy (non-hydrogen) atoms. The summed E-state index contributed by atoms with van der Waals surface area (Å²) in [4.78, 5) is 0. The van der Waals surface area contributed by atoms with Crippen LogP contribution in [0.15, 0.2) is 18.2 Å². The van der Waals surface area contributed by atoms with Gasteiger partial charge in [0.2, 0.25) is 0 Å². The lowest BCUT2D eigenvalue weighted by Crippen LogP contribution is -2.30. The van der Waals surface area contributed by atoms with Crippen molar-refractivity contribution in [3.63, 3.8) is 0 Å². The smallest absolute Gasteiger partial charge is 0.376 e. The minimum atomic E-state index is -5.61. The van der Waals surface area contributed by atoms with E-state index in [0.29, 0.717) is 25.1 Å². The summed E-state index contributed by atoms with van der Waals surface area (Å²) in [7, 11) is -5.61. The Balaban J connectivity index is 0.00000180. The Morgan fingerprint density at radius 1 is 1.26 bits per heavy atom. The summed E-state index contributed by atoms with van der Waals surface area (Å²) in [5.74, 6) is -0.267. The molecule has 9 heteroatoms. The van der Waals surface area contributed by atoms with Gasteiger partial charge in [-0.3, -0.25) is 0 Å². The van der Waals surface area contributed by atoms with Crippen LogP contribution in [0.4, 0.5) is 13.2 Å². The lowest BCUT2D eigenvalue weighted by molar-refractivity contribution is -0.0500. The van der Waals surface area contributed by atoms with E-state index in [4.69, 9.17) is 0 Å². The summed E-state index contributed by atoms with van der Waals surface area (Å²) in [5, 5.41) is 2.95. The Labute approximate surface area is 114 Å². The maximum Gasteiger partial charge on any atom is 0.534 e. The van der Waals surface area contributed by atoms with E-state index < -0.39 is 15.6 Å². The first-order chi connectivity index (χ1) is 8.31. The van der Waals surface area contributed by atoms with E-state index in [-0.39, 0.29) is 18.2 Å². The zero-order chi connectivity index (χ0) is 13.4. The first-order valence-electron chi connectivity index (χ1n) is 5.13. The van der Waals surface area contributed by atoms with Crippen molar-refractivity contribution < 1.29 is 25.8 Å². The highest BCUT2D eigenvalue weighted by atomic mass is 35.5. The van der Waals surface area contributed by atoms with E-state index >= 15 is 0 Å². The van der Waals surface area contributed by atoms with E-state index in [1.54, 1.807) is 6.07 Å². The predicted molar refractivity (Wildman–Crippen MR) is 64.7 cm³/mol. The maximum atomic E-state index is 12.2. The lowest BCUT2D eigenvalue weighted by atomic mass is 10.0. The van der Waals surface area contributed by atoms with Crippen molar-refractivity contribution in [3.8, 4) is 5.75 Å². The summed E-state index contributed by atoms with van der Waals surface area (Å²) >= 11 is 0. The summed E-state index contributed by atoms with van der Waals surface area (Å²) in [6, 6.07) is 4.43. The fourth-order valence-corrected chi connectivity index (χ4v) is 2.21. The molecule has 1 aromatic rings. The van der Waals surface area contributed by atoms with Gasteiger partial charge in [-0.25, -0.2) is 0 Å². The molecule has 108 valence electrons. The Morgan fingerprint density at radius 2 is 1.95 bits per heavy atom. The van der Waals surface area contributed by atoms with Crippen molar-refractivity contribution in [3.05, 3.63) is 29.3 Å². The molecule has 1 aliphatic heterocycles. The Kier molecular flexibility index (Phi) is 4.70. The van der Waals surface area contributed by atoms with Gasteiger partial charge in [-0.05, 0) is 24.6 Å². The first-order valence-corrected chi connectivity index (χ1v) is 6.54. The summed E-state index contributed by atoms with van der Waals surface area (Å²) < 4.78 is 62.7. The van der Waals surface area contributed by atoms with Crippen molar-refractivity contribution in [2.24, 2.45) is 0 Å². The van der Waals surface area contributed by atoms with Crippen LogP contribution in [0.3, 0.4) is 0 Å². The average molecular weight is 318 g/mol. The molecule has 0 saturated carbocycles.